The van der Waals surface area contributed by atoms with Crippen LogP contribution >= 0.6 is 15.9 Å². The molecule has 114 valence electrons. The van der Waals surface area contributed by atoms with Crippen molar-refractivity contribution in [3.63, 3.8) is 0 Å². The zero-order chi connectivity index (χ0) is 15.8. The van der Waals surface area contributed by atoms with Gasteiger partial charge in [-0.2, -0.15) is 0 Å². The molecule has 0 radical (unpaired) electrons. The fourth-order valence-corrected chi connectivity index (χ4v) is 2.78. The van der Waals surface area contributed by atoms with Crippen LogP contribution < -0.4 is 5.32 Å². The van der Waals surface area contributed by atoms with E-state index in [4.69, 9.17) is 0 Å². The van der Waals surface area contributed by atoms with Gasteiger partial charge in [0.1, 0.15) is 17.4 Å². The number of rotatable bonds is 3. The third-order valence-electron chi connectivity index (χ3n) is 3.84. The molecule has 21 heavy (non-hydrogen) atoms. The van der Waals surface area contributed by atoms with Crippen LogP contribution in [0.5, 0.6) is 0 Å². The lowest BCUT2D eigenvalue weighted by Gasteiger charge is -2.44. The topological polar surface area (TPSA) is 49.4 Å². The highest BCUT2D eigenvalue weighted by Gasteiger charge is 2.45. The van der Waals surface area contributed by atoms with Crippen molar-refractivity contribution in [1.82, 2.24) is 10.2 Å². The van der Waals surface area contributed by atoms with E-state index >= 15 is 0 Å². The predicted molar refractivity (Wildman–Crippen MR) is 81.0 cm³/mol. The lowest BCUT2D eigenvalue weighted by Crippen LogP contribution is -2.67. The van der Waals surface area contributed by atoms with Crippen molar-refractivity contribution >= 4 is 27.7 Å². The molecule has 0 aromatic heterocycles. The molecule has 1 saturated heterocycles. The molecule has 1 N–H and O–H groups in total. The van der Waals surface area contributed by atoms with E-state index in [0.29, 0.717) is 12.0 Å². The molecule has 0 aliphatic carbocycles. The van der Waals surface area contributed by atoms with E-state index in [0.717, 1.165) is 4.47 Å². The second kappa shape index (κ2) is 5.75. The van der Waals surface area contributed by atoms with Gasteiger partial charge in [-0.15, -0.1) is 0 Å². The summed E-state index contributed by atoms with van der Waals surface area (Å²) < 4.78 is 14.7. The molecule has 4 nitrogen and oxygen atoms in total. The summed E-state index contributed by atoms with van der Waals surface area (Å²) in [6.07, 6.45) is 0.512. The minimum absolute atomic E-state index is 0.0705. The van der Waals surface area contributed by atoms with E-state index < -0.39 is 11.6 Å². The van der Waals surface area contributed by atoms with Crippen LogP contribution in [0.1, 0.15) is 32.8 Å². The first-order valence-electron chi connectivity index (χ1n) is 6.83. The Morgan fingerprint density at radius 3 is 2.67 bits per heavy atom. The Labute approximate surface area is 131 Å². The van der Waals surface area contributed by atoms with Gasteiger partial charge in [0.05, 0.1) is 0 Å². The lowest BCUT2D eigenvalue weighted by atomic mass is 9.94. The van der Waals surface area contributed by atoms with Gasteiger partial charge in [0.2, 0.25) is 11.8 Å². The first-order valence-corrected chi connectivity index (χ1v) is 7.63. The van der Waals surface area contributed by atoms with Gasteiger partial charge in [-0.25, -0.2) is 4.39 Å². The maximum Gasteiger partial charge on any atom is 0.246 e. The molecule has 1 aliphatic heterocycles. The highest BCUT2D eigenvalue weighted by molar-refractivity contribution is 9.10. The van der Waals surface area contributed by atoms with Gasteiger partial charge in [0.25, 0.3) is 0 Å². The Hall–Kier alpha value is -1.43. The molecule has 1 atom stereocenters. The monoisotopic (exact) mass is 356 g/mol. The summed E-state index contributed by atoms with van der Waals surface area (Å²) in [5.74, 6) is -0.785. The molecule has 2 amide bonds. The van der Waals surface area contributed by atoms with Crippen LogP contribution in [0.15, 0.2) is 22.7 Å². The number of piperazine rings is 1. The zero-order valence-electron chi connectivity index (χ0n) is 12.2. The molecular weight excluding hydrogens is 339 g/mol. The summed E-state index contributed by atoms with van der Waals surface area (Å²) in [4.78, 5) is 26.1. The number of carbonyl (C=O) groups is 2. The van der Waals surface area contributed by atoms with E-state index in [1.54, 1.807) is 26.0 Å². The van der Waals surface area contributed by atoms with Crippen molar-refractivity contribution < 1.29 is 14.0 Å². The van der Waals surface area contributed by atoms with Gasteiger partial charge in [-0.3, -0.25) is 9.59 Å². The van der Waals surface area contributed by atoms with Crippen LogP contribution in [0.25, 0.3) is 0 Å². The Morgan fingerprint density at radius 2 is 2.05 bits per heavy atom. The number of hydrogen-bond acceptors (Lipinski definition) is 2. The van der Waals surface area contributed by atoms with Gasteiger partial charge in [0, 0.05) is 16.6 Å². The summed E-state index contributed by atoms with van der Waals surface area (Å²) >= 11 is 3.29. The standard InChI is InChI=1S/C15H18BrFN2O2/c1-4-12-13(20)19(15(2,3)14(21)18-12)8-9-7-10(16)5-6-11(9)17/h5-7,12H,4,8H2,1-3H3,(H,18,21). The van der Waals surface area contributed by atoms with Crippen molar-refractivity contribution in [1.29, 1.82) is 0 Å². The summed E-state index contributed by atoms with van der Waals surface area (Å²) in [6.45, 7) is 5.24. The van der Waals surface area contributed by atoms with Gasteiger partial charge >= 0.3 is 0 Å². The molecule has 1 unspecified atom stereocenters. The number of carbonyl (C=O) groups excluding carboxylic acids is 2. The molecule has 1 fully saturated rings. The largest absolute Gasteiger partial charge is 0.342 e. The smallest absolute Gasteiger partial charge is 0.246 e. The van der Waals surface area contributed by atoms with Gasteiger partial charge in [-0.05, 0) is 38.5 Å². The number of nitrogens with zero attached hydrogens (tertiary/aromatic N) is 1. The van der Waals surface area contributed by atoms with Crippen molar-refractivity contribution in [3.05, 3.63) is 34.1 Å². The highest BCUT2D eigenvalue weighted by Crippen LogP contribution is 2.26. The molecular formula is C15H18BrFN2O2. The first kappa shape index (κ1) is 15.9. The molecule has 1 aliphatic rings. The maximum absolute atomic E-state index is 13.9. The Kier molecular flexibility index (Phi) is 4.37. The Balaban J connectivity index is 2.36. The van der Waals surface area contributed by atoms with E-state index in [2.05, 4.69) is 21.2 Å². The average Bonchev–Trinajstić information content (AvgIpc) is 2.43. The normalized spacial score (nSPS) is 21.4. The fourth-order valence-electron chi connectivity index (χ4n) is 2.37. The van der Waals surface area contributed by atoms with E-state index in [1.165, 1.54) is 11.0 Å². The summed E-state index contributed by atoms with van der Waals surface area (Å²) in [6, 6.07) is 4.04. The van der Waals surface area contributed by atoms with Crippen LogP contribution in [0, 0.1) is 5.82 Å². The van der Waals surface area contributed by atoms with E-state index in [1.807, 2.05) is 6.92 Å². The molecule has 2 rings (SSSR count). The average molecular weight is 357 g/mol. The molecule has 0 saturated carbocycles. The predicted octanol–water partition coefficient (Wildman–Crippen LogP) is 2.60. The molecule has 1 aromatic carbocycles. The number of benzene rings is 1. The van der Waals surface area contributed by atoms with Crippen LogP contribution in [0.3, 0.4) is 0 Å². The van der Waals surface area contributed by atoms with Gasteiger partial charge in [-0.1, -0.05) is 22.9 Å². The Bertz CT molecular complexity index is 589. The van der Waals surface area contributed by atoms with Crippen molar-refractivity contribution in [2.24, 2.45) is 0 Å². The van der Waals surface area contributed by atoms with Crippen LogP contribution in [-0.2, 0) is 16.1 Å². The summed E-state index contributed by atoms with van der Waals surface area (Å²) in [7, 11) is 0. The third-order valence-corrected chi connectivity index (χ3v) is 4.34. The molecule has 0 bridgehead atoms. The Morgan fingerprint density at radius 1 is 1.38 bits per heavy atom. The summed E-state index contributed by atoms with van der Waals surface area (Å²) in [5.41, 5.74) is -0.618. The molecule has 1 aromatic rings. The number of halogens is 2. The quantitative estimate of drug-likeness (QED) is 0.904. The number of amides is 2. The summed E-state index contributed by atoms with van der Waals surface area (Å²) in [5, 5.41) is 2.71. The van der Waals surface area contributed by atoms with E-state index in [-0.39, 0.29) is 24.2 Å². The third kappa shape index (κ3) is 2.95. The molecule has 6 heteroatoms. The van der Waals surface area contributed by atoms with Crippen molar-refractivity contribution in [2.45, 2.75) is 45.3 Å². The lowest BCUT2D eigenvalue weighted by molar-refractivity contribution is -0.156. The zero-order valence-corrected chi connectivity index (χ0v) is 13.8. The van der Waals surface area contributed by atoms with Crippen molar-refractivity contribution in [3.8, 4) is 0 Å². The number of nitrogens with one attached hydrogen (secondary N) is 1. The highest BCUT2D eigenvalue weighted by atomic mass is 79.9. The minimum Gasteiger partial charge on any atom is -0.342 e. The maximum atomic E-state index is 13.9. The minimum atomic E-state index is -1.00. The molecule has 0 spiro atoms. The van der Waals surface area contributed by atoms with Crippen LogP contribution in [-0.4, -0.2) is 28.3 Å². The first-order chi connectivity index (χ1) is 9.77. The van der Waals surface area contributed by atoms with Gasteiger partial charge in [0.15, 0.2) is 0 Å². The SMILES string of the molecule is CCC1NC(=O)C(C)(C)N(Cc2cc(Br)ccc2F)C1=O. The fraction of sp³-hybridized carbons (Fsp3) is 0.467. The second-order valence-electron chi connectivity index (χ2n) is 5.65. The second-order valence-corrected chi connectivity index (χ2v) is 6.57. The molecule has 1 heterocycles. The van der Waals surface area contributed by atoms with E-state index in [9.17, 15) is 14.0 Å². The van der Waals surface area contributed by atoms with Gasteiger partial charge < -0.3 is 10.2 Å². The van der Waals surface area contributed by atoms with Crippen LogP contribution in [0.2, 0.25) is 0 Å². The van der Waals surface area contributed by atoms with Crippen LogP contribution in [0.4, 0.5) is 4.39 Å². The van der Waals surface area contributed by atoms with Crippen molar-refractivity contribution in [2.75, 3.05) is 0 Å². The number of hydrogen-bond donors (Lipinski definition) is 1.